The van der Waals surface area contributed by atoms with Gasteiger partial charge in [-0.2, -0.15) is 0 Å². The van der Waals surface area contributed by atoms with Crippen LogP contribution in [0.25, 0.3) is 0 Å². The summed E-state index contributed by atoms with van der Waals surface area (Å²) in [6.07, 6.45) is 6.07. The Morgan fingerprint density at radius 1 is 1.40 bits per heavy atom. The minimum atomic E-state index is -0.179. The van der Waals surface area contributed by atoms with Crippen molar-refractivity contribution in [1.82, 2.24) is 20.2 Å². The molecule has 0 radical (unpaired) electrons. The van der Waals surface area contributed by atoms with Crippen LogP contribution in [0.2, 0.25) is 5.02 Å². The number of amides is 1. The van der Waals surface area contributed by atoms with E-state index in [2.05, 4.69) is 27.4 Å². The Balaban J connectivity index is 1.51. The lowest BCUT2D eigenvalue weighted by Crippen LogP contribution is -2.50. The zero-order chi connectivity index (χ0) is 21.3. The van der Waals surface area contributed by atoms with Crippen LogP contribution in [0.3, 0.4) is 0 Å². The van der Waals surface area contributed by atoms with E-state index in [0.717, 1.165) is 37.3 Å². The number of amidine groups is 1. The van der Waals surface area contributed by atoms with Crippen LogP contribution in [0.1, 0.15) is 53.1 Å². The maximum absolute atomic E-state index is 13.1. The smallest absolute Gasteiger partial charge is 0.257 e. The van der Waals surface area contributed by atoms with E-state index in [0.29, 0.717) is 24.2 Å². The van der Waals surface area contributed by atoms with Crippen LogP contribution in [-0.2, 0) is 11.8 Å². The fraction of sp³-hybridized carbons (Fsp3) is 0.455. The molecule has 1 aliphatic heterocycles. The summed E-state index contributed by atoms with van der Waals surface area (Å²) in [6, 6.07) is 8.37. The summed E-state index contributed by atoms with van der Waals surface area (Å²) in [5.74, 6) is -0.00638. The van der Waals surface area contributed by atoms with E-state index >= 15 is 0 Å². The van der Waals surface area contributed by atoms with Crippen LogP contribution >= 0.6 is 11.6 Å². The van der Waals surface area contributed by atoms with E-state index in [1.807, 2.05) is 24.1 Å². The molecule has 30 heavy (non-hydrogen) atoms. The number of halogens is 1. The molecule has 1 aromatic heterocycles. The highest BCUT2D eigenvalue weighted by Crippen LogP contribution is 2.41. The number of benzene rings is 1. The zero-order valence-corrected chi connectivity index (χ0v) is 17.9. The van der Waals surface area contributed by atoms with Crippen molar-refractivity contribution in [2.75, 3.05) is 20.1 Å². The number of hydrogen-bond acceptors (Lipinski definition) is 5. The van der Waals surface area contributed by atoms with Gasteiger partial charge in [0, 0.05) is 42.2 Å². The lowest BCUT2D eigenvalue weighted by Gasteiger charge is -2.45. The van der Waals surface area contributed by atoms with Gasteiger partial charge in [-0.05, 0) is 50.4 Å². The molecule has 1 fully saturated rings. The van der Waals surface area contributed by atoms with Crippen LogP contribution in [0.4, 0.5) is 0 Å². The predicted molar refractivity (Wildman–Crippen MR) is 117 cm³/mol. The molecule has 7 nitrogen and oxygen atoms in total. The molecule has 1 aromatic carbocycles. The average molecular weight is 427 g/mol. The normalized spacial score (nSPS) is 23.9. The summed E-state index contributed by atoms with van der Waals surface area (Å²) in [4.78, 5) is 23.5. The molecule has 4 rings (SSSR count). The lowest BCUT2D eigenvalue weighted by atomic mass is 9.67. The number of nitrogens with two attached hydrogens (primary N) is 1. The van der Waals surface area contributed by atoms with Crippen molar-refractivity contribution < 1.29 is 4.79 Å². The summed E-state index contributed by atoms with van der Waals surface area (Å²) >= 11 is 6.27. The van der Waals surface area contributed by atoms with E-state index in [-0.39, 0.29) is 29.0 Å². The molecule has 0 spiro atoms. The highest BCUT2D eigenvalue weighted by atomic mass is 35.5. The topological polar surface area (TPSA) is 108 Å². The molecule has 8 heteroatoms. The number of aromatic nitrogens is 2. The molecule has 4 N–H and O–H groups in total. The highest BCUT2D eigenvalue weighted by molar-refractivity contribution is 6.30. The van der Waals surface area contributed by atoms with Gasteiger partial charge >= 0.3 is 0 Å². The van der Waals surface area contributed by atoms with Crippen molar-refractivity contribution in [1.29, 1.82) is 5.41 Å². The number of carbonyl (C=O) groups is 1. The first-order valence-corrected chi connectivity index (χ1v) is 10.7. The number of rotatable bonds is 5. The second kappa shape index (κ2) is 8.32. The van der Waals surface area contributed by atoms with Crippen LogP contribution in [0, 0.1) is 5.41 Å². The molecule has 2 heterocycles. The van der Waals surface area contributed by atoms with Gasteiger partial charge in [0.05, 0.1) is 11.3 Å². The number of nitrogens with one attached hydrogen (secondary N) is 2. The number of likely N-dealkylation sites (N-methyl/N-ethyl adjacent to an activating group) is 1. The second-order valence-corrected chi connectivity index (χ2v) is 8.70. The maximum atomic E-state index is 13.1. The minimum Gasteiger partial charge on any atom is -0.381 e. The molecule has 1 amide bonds. The molecular formula is C22H27ClN6O. The Hall–Kier alpha value is -2.51. The van der Waals surface area contributed by atoms with Gasteiger partial charge in [-0.3, -0.25) is 10.2 Å². The van der Waals surface area contributed by atoms with Crippen LogP contribution in [0.5, 0.6) is 0 Å². The van der Waals surface area contributed by atoms with Crippen molar-refractivity contribution in [3.8, 4) is 0 Å². The van der Waals surface area contributed by atoms with E-state index in [1.54, 1.807) is 0 Å². The summed E-state index contributed by atoms with van der Waals surface area (Å²) < 4.78 is 0. The Labute approximate surface area is 181 Å². The summed E-state index contributed by atoms with van der Waals surface area (Å²) in [5.41, 5.74) is 8.01. The second-order valence-electron chi connectivity index (χ2n) is 8.27. The van der Waals surface area contributed by atoms with Crippen molar-refractivity contribution >= 4 is 23.3 Å². The van der Waals surface area contributed by atoms with E-state index < -0.39 is 0 Å². The third kappa shape index (κ3) is 3.79. The Bertz CT molecular complexity index is 970. The largest absolute Gasteiger partial charge is 0.381 e. The van der Waals surface area contributed by atoms with Crippen molar-refractivity contribution in [2.24, 2.45) is 5.73 Å². The van der Waals surface area contributed by atoms with Crippen molar-refractivity contribution in [2.45, 2.75) is 43.6 Å². The lowest BCUT2D eigenvalue weighted by molar-refractivity contribution is 0.0569. The first kappa shape index (κ1) is 20.8. The van der Waals surface area contributed by atoms with E-state index in [1.165, 1.54) is 11.8 Å². The molecule has 0 atom stereocenters. The SMILES string of the molecule is CNC[C@]1(c2cccc(Cl)c2)CC[C@H](N2CCc3nc(C(=N)N)ncc3C2=O)CC1. The highest BCUT2D eigenvalue weighted by Gasteiger charge is 2.40. The van der Waals surface area contributed by atoms with E-state index in [4.69, 9.17) is 22.7 Å². The van der Waals surface area contributed by atoms with Crippen molar-refractivity contribution in [3.63, 3.8) is 0 Å². The third-order valence-electron chi connectivity index (χ3n) is 6.49. The van der Waals surface area contributed by atoms with Crippen molar-refractivity contribution in [3.05, 3.63) is 58.1 Å². The standard InChI is InChI=1S/C22H27ClN6O/c1-26-13-22(14-3-2-4-15(23)11-14)8-5-16(6-9-22)29-10-7-18-17(21(29)30)12-27-20(28-18)19(24)25/h2-4,11-12,16,26H,5-10,13H2,1H3,(H3,24,25)/t16-,22-. The molecule has 2 aromatic rings. The van der Waals surface area contributed by atoms with Gasteiger partial charge in [-0.15, -0.1) is 0 Å². The van der Waals surface area contributed by atoms with Gasteiger partial charge in [0.15, 0.2) is 11.7 Å². The Kier molecular flexibility index (Phi) is 5.75. The van der Waals surface area contributed by atoms with Gasteiger partial charge in [0.1, 0.15) is 0 Å². The molecule has 1 saturated carbocycles. The number of carbonyl (C=O) groups excluding carboxylic acids is 1. The first-order valence-electron chi connectivity index (χ1n) is 10.4. The fourth-order valence-electron chi connectivity index (χ4n) is 4.94. The van der Waals surface area contributed by atoms with Crippen LogP contribution < -0.4 is 11.1 Å². The molecule has 0 bridgehead atoms. The minimum absolute atomic E-state index is 0.0137. The monoisotopic (exact) mass is 426 g/mol. The Morgan fingerprint density at radius 2 is 2.17 bits per heavy atom. The Morgan fingerprint density at radius 3 is 2.83 bits per heavy atom. The van der Waals surface area contributed by atoms with Gasteiger partial charge in [0.25, 0.3) is 5.91 Å². The van der Waals surface area contributed by atoms with E-state index in [9.17, 15) is 4.79 Å². The molecule has 1 aliphatic carbocycles. The molecule has 0 saturated heterocycles. The van der Waals surface area contributed by atoms with Crippen LogP contribution in [0.15, 0.2) is 30.5 Å². The molecule has 2 aliphatic rings. The van der Waals surface area contributed by atoms with Gasteiger partial charge in [0.2, 0.25) is 0 Å². The number of fused-ring (bicyclic) bond motifs is 1. The van der Waals surface area contributed by atoms with Crippen LogP contribution in [-0.4, -0.2) is 52.8 Å². The average Bonchev–Trinajstić information content (AvgIpc) is 2.75. The fourth-order valence-corrected chi connectivity index (χ4v) is 5.13. The predicted octanol–water partition coefficient (Wildman–Crippen LogP) is 2.51. The molecule has 0 unspecified atom stereocenters. The quantitative estimate of drug-likeness (QED) is 0.503. The molecular weight excluding hydrogens is 400 g/mol. The maximum Gasteiger partial charge on any atom is 0.257 e. The van der Waals surface area contributed by atoms with Gasteiger partial charge < -0.3 is 16.0 Å². The number of hydrogen-bond donors (Lipinski definition) is 3. The molecule has 158 valence electrons. The summed E-state index contributed by atoms with van der Waals surface area (Å²) in [7, 11) is 1.98. The summed E-state index contributed by atoms with van der Waals surface area (Å²) in [5, 5.41) is 11.6. The third-order valence-corrected chi connectivity index (χ3v) is 6.73. The van der Waals surface area contributed by atoms with Gasteiger partial charge in [-0.25, -0.2) is 9.97 Å². The summed E-state index contributed by atoms with van der Waals surface area (Å²) in [6.45, 7) is 1.53. The van der Waals surface area contributed by atoms with Gasteiger partial charge in [-0.1, -0.05) is 23.7 Å². The number of nitrogen functional groups attached to an aromatic ring is 1. The zero-order valence-electron chi connectivity index (χ0n) is 17.1. The first-order chi connectivity index (χ1) is 14.4. The number of nitrogens with zero attached hydrogens (tertiary/aromatic N) is 3.